The summed E-state index contributed by atoms with van der Waals surface area (Å²) in [6.45, 7) is 5.01. The zero-order valence-corrected chi connectivity index (χ0v) is 20.7. The number of nitrogens with one attached hydrogen (secondary N) is 1. The van der Waals surface area contributed by atoms with E-state index in [4.69, 9.17) is 4.98 Å². The SMILES string of the molecule is CC(C)Nc1cc(-c2cccc(-c3cnn(C)c3)c2)ncc1-c1nnc(C(=O)N2CC[C@@H](O)C2)s1. The highest BCUT2D eigenvalue weighted by Crippen LogP contribution is 2.34. The smallest absolute Gasteiger partial charge is 0.284 e. The van der Waals surface area contributed by atoms with Crippen molar-refractivity contribution in [3.63, 3.8) is 0 Å². The van der Waals surface area contributed by atoms with E-state index in [1.807, 2.05) is 37.6 Å². The van der Waals surface area contributed by atoms with Gasteiger partial charge in [-0.1, -0.05) is 29.5 Å². The molecule has 0 bridgehead atoms. The number of rotatable bonds is 6. The number of β-amino-alcohol motifs (C(OH)–C–C–N with tert-alkyl or cyclic N) is 1. The Balaban J connectivity index is 1.47. The van der Waals surface area contributed by atoms with E-state index in [2.05, 4.69) is 46.6 Å². The third-order valence-electron chi connectivity index (χ3n) is 5.83. The molecule has 35 heavy (non-hydrogen) atoms. The maximum atomic E-state index is 12.8. The van der Waals surface area contributed by atoms with Crippen molar-refractivity contribution < 1.29 is 9.90 Å². The van der Waals surface area contributed by atoms with Gasteiger partial charge in [-0.3, -0.25) is 14.5 Å². The van der Waals surface area contributed by atoms with Crippen LogP contribution in [0.2, 0.25) is 0 Å². The molecule has 4 heterocycles. The van der Waals surface area contributed by atoms with E-state index < -0.39 is 6.10 Å². The molecule has 5 rings (SSSR count). The van der Waals surface area contributed by atoms with Gasteiger partial charge in [-0.05, 0) is 38.0 Å². The number of aryl methyl sites for hydroxylation is 1. The third kappa shape index (κ3) is 4.94. The van der Waals surface area contributed by atoms with Crippen LogP contribution in [0, 0.1) is 0 Å². The number of nitrogens with zero attached hydrogens (tertiary/aromatic N) is 6. The van der Waals surface area contributed by atoms with E-state index in [1.165, 1.54) is 11.3 Å². The van der Waals surface area contributed by atoms with E-state index in [9.17, 15) is 9.90 Å². The van der Waals surface area contributed by atoms with Crippen LogP contribution in [0.25, 0.3) is 33.0 Å². The highest BCUT2D eigenvalue weighted by molar-refractivity contribution is 7.16. The van der Waals surface area contributed by atoms with E-state index in [0.717, 1.165) is 33.6 Å². The first-order chi connectivity index (χ1) is 16.9. The van der Waals surface area contributed by atoms with Crippen LogP contribution in [0.5, 0.6) is 0 Å². The predicted octanol–water partition coefficient (Wildman–Crippen LogP) is 3.69. The molecule has 0 radical (unpaired) electrons. The van der Waals surface area contributed by atoms with Gasteiger partial charge in [0, 0.05) is 55.4 Å². The minimum absolute atomic E-state index is 0.186. The summed E-state index contributed by atoms with van der Waals surface area (Å²) in [7, 11) is 1.90. The van der Waals surface area contributed by atoms with Crippen LogP contribution in [0.15, 0.2) is 48.9 Å². The largest absolute Gasteiger partial charge is 0.391 e. The topological polar surface area (TPSA) is 109 Å². The monoisotopic (exact) mass is 489 g/mol. The van der Waals surface area contributed by atoms with E-state index >= 15 is 0 Å². The molecular weight excluding hydrogens is 462 g/mol. The van der Waals surface area contributed by atoms with Crippen LogP contribution in [0.1, 0.15) is 30.1 Å². The van der Waals surface area contributed by atoms with Crippen molar-refractivity contribution in [2.45, 2.75) is 32.4 Å². The molecular formula is C25H27N7O2S. The van der Waals surface area contributed by atoms with E-state index in [0.29, 0.717) is 29.5 Å². The minimum Gasteiger partial charge on any atom is -0.391 e. The number of hydrogen-bond donors (Lipinski definition) is 2. The first-order valence-electron chi connectivity index (χ1n) is 11.5. The number of carbonyl (C=O) groups is 1. The summed E-state index contributed by atoms with van der Waals surface area (Å²) in [5.41, 5.74) is 5.61. The summed E-state index contributed by atoms with van der Waals surface area (Å²) in [6.07, 6.45) is 5.73. The van der Waals surface area contributed by atoms with Crippen LogP contribution < -0.4 is 5.32 Å². The summed E-state index contributed by atoms with van der Waals surface area (Å²) in [5, 5.41) is 26.9. The standard InChI is InChI=1S/C25H27N7O2S/c1-15(2)28-22-10-21(17-6-4-5-16(9-17)18-11-27-31(3)13-18)26-12-20(22)23-29-30-24(35-23)25(34)32-8-7-19(33)14-32/h4-6,9-13,15,19,33H,7-8,14H2,1-3H3,(H,26,28)/t19-/m1/s1. The zero-order valence-electron chi connectivity index (χ0n) is 19.8. The van der Waals surface area contributed by atoms with Gasteiger partial charge in [-0.15, -0.1) is 10.2 Å². The minimum atomic E-state index is -0.471. The fourth-order valence-corrected chi connectivity index (χ4v) is 4.96. The molecule has 0 spiro atoms. The van der Waals surface area contributed by atoms with Gasteiger partial charge in [0.25, 0.3) is 5.91 Å². The molecule has 1 saturated heterocycles. The molecule has 9 nitrogen and oxygen atoms in total. The van der Waals surface area contributed by atoms with Crippen LogP contribution in [-0.2, 0) is 7.05 Å². The molecule has 0 aliphatic carbocycles. The lowest BCUT2D eigenvalue weighted by atomic mass is 10.0. The molecule has 1 aliphatic heterocycles. The van der Waals surface area contributed by atoms with Gasteiger partial charge < -0.3 is 15.3 Å². The first-order valence-corrected chi connectivity index (χ1v) is 12.4. The highest BCUT2D eigenvalue weighted by atomic mass is 32.1. The molecule has 4 aromatic rings. The molecule has 180 valence electrons. The van der Waals surface area contributed by atoms with Crippen LogP contribution in [0.3, 0.4) is 0 Å². The Kier molecular flexibility index (Phi) is 6.31. The average molecular weight is 490 g/mol. The number of amides is 1. The number of anilines is 1. The zero-order chi connectivity index (χ0) is 24.5. The molecule has 10 heteroatoms. The number of pyridine rings is 1. The normalized spacial score (nSPS) is 15.7. The molecule has 1 fully saturated rings. The molecule has 2 N–H and O–H groups in total. The summed E-state index contributed by atoms with van der Waals surface area (Å²) in [4.78, 5) is 19.1. The van der Waals surface area contributed by atoms with Gasteiger partial charge in [0.15, 0.2) is 5.01 Å². The van der Waals surface area contributed by atoms with Gasteiger partial charge >= 0.3 is 0 Å². The van der Waals surface area contributed by atoms with Crippen molar-refractivity contribution in [2.24, 2.45) is 7.05 Å². The van der Waals surface area contributed by atoms with Crippen LogP contribution in [-0.4, -0.2) is 66.1 Å². The molecule has 1 amide bonds. The van der Waals surface area contributed by atoms with Gasteiger partial charge in [0.1, 0.15) is 0 Å². The Morgan fingerprint density at radius 2 is 2.00 bits per heavy atom. The van der Waals surface area contributed by atoms with Crippen LogP contribution >= 0.6 is 11.3 Å². The van der Waals surface area contributed by atoms with Crippen molar-refractivity contribution in [3.8, 4) is 33.0 Å². The summed E-state index contributed by atoms with van der Waals surface area (Å²) < 4.78 is 1.78. The van der Waals surface area contributed by atoms with E-state index in [1.54, 1.807) is 15.8 Å². The molecule has 0 saturated carbocycles. The van der Waals surface area contributed by atoms with Crippen molar-refractivity contribution in [3.05, 3.63) is 53.9 Å². The average Bonchev–Trinajstić information content (AvgIpc) is 3.60. The summed E-state index contributed by atoms with van der Waals surface area (Å²) >= 11 is 1.24. The maximum absolute atomic E-state index is 12.8. The van der Waals surface area contributed by atoms with E-state index in [-0.39, 0.29) is 11.9 Å². The number of aliphatic hydroxyl groups excluding tert-OH is 1. The van der Waals surface area contributed by atoms with Gasteiger partial charge in [-0.2, -0.15) is 5.10 Å². The Morgan fingerprint density at radius 3 is 2.71 bits per heavy atom. The summed E-state index contributed by atoms with van der Waals surface area (Å²) in [6, 6.07) is 10.4. The Morgan fingerprint density at radius 1 is 1.17 bits per heavy atom. The lowest BCUT2D eigenvalue weighted by molar-refractivity contribution is 0.0763. The number of aromatic nitrogens is 5. The van der Waals surface area contributed by atoms with Crippen molar-refractivity contribution in [1.82, 2.24) is 29.9 Å². The molecule has 0 unspecified atom stereocenters. The maximum Gasteiger partial charge on any atom is 0.284 e. The quantitative estimate of drug-likeness (QED) is 0.425. The van der Waals surface area contributed by atoms with Crippen molar-refractivity contribution in [1.29, 1.82) is 0 Å². The number of benzene rings is 1. The molecule has 3 aromatic heterocycles. The number of aliphatic hydroxyl groups is 1. The van der Waals surface area contributed by atoms with Crippen LogP contribution in [0.4, 0.5) is 5.69 Å². The number of hydrogen-bond acceptors (Lipinski definition) is 8. The van der Waals surface area contributed by atoms with Gasteiger partial charge in [0.05, 0.1) is 23.6 Å². The number of likely N-dealkylation sites (tertiary alicyclic amines) is 1. The second kappa shape index (κ2) is 9.55. The van der Waals surface area contributed by atoms with Crippen molar-refractivity contribution in [2.75, 3.05) is 18.4 Å². The Bertz CT molecular complexity index is 1360. The molecule has 1 atom stereocenters. The second-order valence-corrected chi connectivity index (χ2v) is 9.98. The summed E-state index contributed by atoms with van der Waals surface area (Å²) in [5.74, 6) is -0.194. The molecule has 1 aromatic carbocycles. The fraction of sp³-hybridized carbons (Fsp3) is 0.320. The van der Waals surface area contributed by atoms with Crippen molar-refractivity contribution >= 4 is 22.9 Å². The lowest BCUT2D eigenvalue weighted by Crippen LogP contribution is -2.29. The highest BCUT2D eigenvalue weighted by Gasteiger charge is 2.28. The predicted molar refractivity (Wildman–Crippen MR) is 136 cm³/mol. The van der Waals surface area contributed by atoms with Gasteiger partial charge in [-0.25, -0.2) is 0 Å². The second-order valence-electron chi connectivity index (χ2n) is 9.00. The fourth-order valence-electron chi connectivity index (χ4n) is 4.12. The number of carbonyl (C=O) groups excluding carboxylic acids is 1. The lowest BCUT2D eigenvalue weighted by Gasteiger charge is -2.15. The first kappa shape index (κ1) is 23.1. The Hall–Kier alpha value is -3.63. The van der Waals surface area contributed by atoms with Gasteiger partial charge in [0.2, 0.25) is 5.01 Å². The Labute approximate surface area is 207 Å². The third-order valence-corrected chi connectivity index (χ3v) is 6.78. The molecule has 1 aliphatic rings.